The van der Waals surface area contributed by atoms with Crippen LogP contribution in [0.4, 0.5) is 5.69 Å². The highest BCUT2D eigenvalue weighted by Gasteiger charge is 2.33. The second-order valence-corrected chi connectivity index (χ2v) is 8.77. The first-order valence-corrected chi connectivity index (χ1v) is 10.3. The first-order valence-electron chi connectivity index (χ1n) is 9.47. The lowest BCUT2D eigenvalue weighted by Crippen LogP contribution is -2.32. The minimum Gasteiger partial charge on any atom is -0.432 e. The van der Waals surface area contributed by atoms with Crippen molar-refractivity contribution in [2.24, 2.45) is 0 Å². The van der Waals surface area contributed by atoms with E-state index < -0.39 is 0 Å². The molecule has 2 N–H and O–H groups in total. The van der Waals surface area contributed by atoms with Gasteiger partial charge < -0.3 is 14.9 Å². The maximum atomic E-state index is 13.0. The molecule has 0 saturated heterocycles. The van der Waals surface area contributed by atoms with Crippen LogP contribution in [-0.4, -0.2) is 16.4 Å². The van der Waals surface area contributed by atoms with Gasteiger partial charge in [-0.2, -0.15) is 0 Å². The van der Waals surface area contributed by atoms with E-state index in [1.165, 1.54) is 0 Å². The number of carbonyl (C=O) groups is 1. The zero-order chi connectivity index (χ0) is 20.1. The Kier molecular flexibility index (Phi) is 4.79. The summed E-state index contributed by atoms with van der Waals surface area (Å²) in [5, 5.41) is 0.756. The summed E-state index contributed by atoms with van der Waals surface area (Å²) < 4.78 is 12.9. The molecule has 2 aromatic heterocycles. The molecule has 5 nitrogen and oxygen atoms in total. The van der Waals surface area contributed by atoms with E-state index >= 15 is 0 Å². The molecule has 0 atom stereocenters. The summed E-state index contributed by atoms with van der Waals surface area (Å²) in [6.45, 7) is 6.74. The van der Waals surface area contributed by atoms with Crippen molar-refractivity contribution in [2.75, 3.05) is 5.73 Å². The van der Waals surface area contributed by atoms with Gasteiger partial charge in [-0.1, -0.05) is 29.3 Å². The first kappa shape index (κ1) is 19.2. The lowest BCUT2D eigenvalue weighted by molar-refractivity contribution is -0.0401. The molecule has 28 heavy (non-hydrogen) atoms. The SMILES string of the molecule is CCCc1nc2oc(C(=O)c3ccc(Br)cc3)c(N)c2c2c1COC(C)(C)C2. The van der Waals surface area contributed by atoms with Crippen molar-refractivity contribution in [1.82, 2.24) is 4.98 Å². The van der Waals surface area contributed by atoms with Crippen molar-refractivity contribution in [1.29, 1.82) is 0 Å². The third kappa shape index (κ3) is 3.25. The van der Waals surface area contributed by atoms with Gasteiger partial charge in [0, 0.05) is 22.0 Å². The van der Waals surface area contributed by atoms with E-state index in [1.54, 1.807) is 12.1 Å². The topological polar surface area (TPSA) is 78.4 Å². The fraction of sp³-hybridized carbons (Fsp3) is 0.364. The third-order valence-electron chi connectivity index (χ3n) is 5.19. The van der Waals surface area contributed by atoms with Crippen LogP contribution in [-0.2, 0) is 24.2 Å². The van der Waals surface area contributed by atoms with Crippen molar-refractivity contribution < 1.29 is 13.9 Å². The van der Waals surface area contributed by atoms with E-state index in [4.69, 9.17) is 19.9 Å². The standard InChI is InChI=1S/C22H23BrN2O3/c1-4-5-16-15-11-27-22(2,3)10-14(15)17-18(24)20(28-21(17)25-16)19(26)12-6-8-13(23)9-7-12/h6-9H,4-5,10-11,24H2,1-3H3. The van der Waals surface area contributed by atoms with Crippen LogP contribution < -0.4 is 5.73 Å². The maximum absolute atomic E-state index is 13.0. The predicted octanol–water partition coefficient (Wildman–Crippen LogP) is 5.21. The molecule has 1 aliphatic heterocycles. The van der Waals surface area contributed by atoms with Crippen molar-refractivity contribution in [3.8, 4) is 0 Å². The molecule has 146 valence electrons. The van der Waals surface area contributed by atoms with Gasteiger partial charge >= 0.3 is 0 Å². The summed E-state index contributed by atoms with van der Waals surface area (Å²) in [6, 6.07) is 7.15. The normalized spacial score (nSPS) is 15.6. The van der Waals surface area contributed by atoms with Crippen LogP contribution in [0.3, 0.4) is 0 Å². The van der Waals surface area contributed by atoms with Crippen LogP contribution in [0, 0.1) is 0 Å². The van der Waals surface area contributed by atoms with Gasteiger partial charge in [-0.15, -0.1) is 0 Å². The van der Waals surface area contributed by atoms with Gasteiger partial charge in [0.2, 0.25) is 17.3 Å². The number of carbonyl (C=O) groups excluding carboxylic acids is 1. The Morgan fingerprint density at radius 3 is 2.64 bits per heavy atom. The van der Waals surface area contributed by atoms with Crippen LogP contribution in [0.5, 0.6) is 0 Å². The van der Waals surface area contributed by atoms with Crippen molar-refractivity contribution in [2.45, 2.75) is 52.2 Å². The van der Waals surface area contributed by atoms with E-state index in [1.807, 2.05) is 12.1 Å². The molecular formula is C22H23BrN2O3. The minimum absolute atomic E-state index is 0.157. The number of aromatic nitrogens is 1. The number of hydrogen-bond donors (Lipinski definition) is 1. The number of rotatable bonds is 4. The fourth-order valence-corrected chi connectivity index (χ4v) is 4.04. The Labute approximate surface area is 172 Å². The molecule has 6 heteroatoms. The Bertz CT molecular complexity index is 1070. The van der Waals surface area contributed by atoms with Crippen molar-refractivity contribution in [3.05, 3.63) is 56.9 Å². The highest BCUT2D eigenvalue weighted by atomic mass is 79.9. The summed E-state index contributed by atoms with van der Waals surface area (Å²) in [4.78, 5) is 17.7. The summed E-state index contributed by atoms with van der Waals surface area (Å²) in [6.07, 6.45) is 2.50. The second kappa shape index (κ2) is 7.01. The van der Waals surface area contributed by atoms with Gasteiger partial charge in [0.1, 0.15) is 0 Å². The summed E-state index contributed by atoms with van der Waals surface area (Å²) in [5.74, 6) is -0.0786. The number of nitrogen functional groups attached to an aromatic ring is 1. The van der Waals surface area contributed by atoms with Crippen LogP contribution in [0.1, 0.15) is 60.1 Å². The molecule has 3 aromatic rings. The maximum Gasteiger partial charge on any atom is 0.230 e. The Morgan fingerprint density at radius 1 is 1.25 bits per heavy atom. The molecule has 1 aromatic carbocycles. The minimum atomic E-state index is -0.301. The lowest BCUT2D eigenvalue weighted by atomic mass is 9.88. The molecule has 1 aliphatic rings. The van der Waals surface area contributed by atoms with Crippen LogP contribution in [0.2, 0.25) is 0 Å². The number of hydrogen-bond acceptors (Lipinski definition) is 5. The molecular weight excluding hydrogens is 420 g/mol. The number of ether oxygens (including phenoxy) is 1. The molecule has 0 unspecified atom stereocenters. The molecule has 0 amide bonds. The molecule has 0 aliphatic carbocycles. The quantitative estimate of drug-likeness (QED) is 0.561. The highest BCUT2D eigenvalue weighted by molar-refractivity contribution is 9.10. The van der Waals surface area contributed by atoms with E-state index in [9.17, 15) is 4.79 Å². The third-order valence-corrected chi connectivity index (χ3v) is 5.72. The summed E-state index contributed by atoms with van der Waals surface area (Å²) in [5.41, 5.74) is 10.6. The van der Waals surface area contributed by atoms with Gasteiger partial charge in [0.05, 0.1) is 29.0 Å². The number of nitrogens with zero attached hydrogens (tertiary/aromatic N) is 1. The van der Waals surface area contributed by atoms with E-state index in [0.717, 1.165) is 39.5 Å². The monoisotopic (exact) mass is 442 g/mol. The molecule has 3 heterocycles. The molecule has 0 radical (unpaired) electrons. The summed E-state index contributed by atoms with van der Waals surface area (Å²) >= 11 is 3.39. The molecule has 0 spiro atoms. The van der Waals surface area contributed by atoms with Gasteiger partial charge in [-0.3, -0.25) is 4.79 Å². The summed E-state index contributed by atoms with van der Waals surface area (Å²) in [7, 11) is 0. The second-order valence-electron chi connectivity index (χ2n) is 7.85. The predicted molar refractivity (Wildman–Crippen MR) is 113 cm³/mol. The van der Waals surface area contributed by atoms with Crippen molar-refractivity contribution >= 4 is 38.5 Å². The number of aryl methyl sites for hydroxylation is 1. The Morgan fingerprint density at radius 2 is 1.96 bits per heavy atom. The van der Waals surface area contributed by atoms with Crippen molar-refractivity contribution in [3.63, 3.8) is 0 Å². The average Bonchev–Trinajstić information content (AvgIpc) is 2.98. The zero-order valence-electron chi connectivity index (χ0n) is 16.3. The van der Waals surface area contributed by atoms with Gasteiger partial charge in [0.25, 0.3) is 0 Å². The lowest BCUT2D eigenvalue weighted by Gasteiger charge is -2.33. The number of nitrogens with two attached hydrogens (primary N) is 1. The molecule has 4 rings (SSSR count). The van der Waals surface area contributed by atoms with E-state index in [0.29, 0.717) is 30.0 Å². The first-order chi connectivity index (χ1) is 13.3. The van der Waals surface area contributed by atoms with Gasteiger partial charge in [-0.05, 0) is 50.1 Å². The Balaban J connectivity index is 1.91. The number of anilines is 1. The van der Waals surface area contributed by atoms with Crippen LogP contribution in [0.15, 0.2) is 33.2 Å². The van der Waals surface area contributed by atoms with Crippen LogP contribution >= 0.6 is 15.9 Å². The average molecular weight is 443 g/mol. The number of halogens is 1. The number of benzene rings is 1. The molecule has 0 bridgehead atoms. The highest BCUT2D eigenvalue weighted by Crippen LogP contribution is 2.39. The fourth-order valence-electron chi connectivity index (χ4n) is 3.77. The number of ketones is 1. The van der Waals surface area contributed by atoms with Gasteiger partial charge in [0.15, 0.2) is 0 Å². The zero-order valence-corrected chi connectivity index (χ0v) is 17.9. The largest absolute Gasteiger partial charge is 0.432 e. The Hall–Kier alpha value is -2.18. The molecule has 0 saturated carbocycles. The van der Waals surface area contributed by atoms with E-state index in [2.05, 4.69) is 36.7 Å². The number of pyridine rings is 1. The smallest absolute Gasteiger partial charge is 0.230 e. The molecule has 0 fully saturated rings. The van der Waals surface area contributed by atoms with E-state index in [-0.39, 0.29) is 17.1 Å². The number of fused-ring (bicyclic) bond motifs is 3. The van der Waals surface area contributed by atoms with Crippen LogP contribution in [0.25, 0.3) is 11.1 Å². The number of furan rings is 1. The van der Waals surface area contributed by atoms with Gasteiger partial charge in [-0.25, -0.2) is 4.98 Å².